The Hall–Kier alpha value is -0.890. The van der Waals surface area contributed by atoms with Gasteiger partial charge >= 0.3 is 0 Å². The number of halogens is 1. The fraction of sp³-hybridized carbons (Fsp3) is 0.625. The van der Waals surface area contributed by atoms with Crippen LogP contribution in [0.15, 0.2) is 18.2 Å². The van der Waals surface area contributed by atoms with Gasteiger partial charge < -0.3 is 5.32 Å². The molecule has 1 aromatic rings. The molecule has 0 amide bonds. The molecule has 1 aliphatic rings. The Morgan fingerprint density at radius 3 is 2.61 bits per heavy atom. The highest BCUT2D eigenvalue weighted by molar-refractivity contribution is 5.25. The number of hydrogen-bond donors (Lipinski definition) is 1. The first-order chi connectivity index (χ1) is 8.56. The number of benzene rings is 1. The normalized spacial score (nSPS) is 19.3. The molecule has 2 heteroatoms. The van der Waals surface area contributed by atoms with E-state index >= 15 is 0 Å². The molecular weight excluding hydrogens is 225 g/mol. The van der Waals surface area contributed by atoms with Crippen LogP contribution in [0.25, 0.3) is 0 Å². The maximum absolute atomic E-state index is 13.5. The van der Waals surface area contributed by atoms with Crippen LogP contribution in [0.1, 0.15) is 56.7 Å². The van der Waals surface area contributed by atoms with E-state index in [0.29, 0.717) is 11.6 Å². The first kappa shape index (κ1) is 13.5. The van der Waals surface area contributed by atoms with Crippen LogP contribution in [0.2, 0.25) is 0 Å². The molecule has 18 heavy (non-hydrogen) atoms. The molecule has 1 aromatic carbocycles. The van der Waals surface area contributed by atoms with Crippen molar-refractivity contribution in [3.63, 3.8) is 0 Å². The van der Waals surface area contributed by atoms with E-state index in [4.69, 9.17) is 0 Å². The van der Waals surface area contributed by atoms with Crippen LogP contribution in [0, 0.1) is 18.7 Å². The Labute approximate surface area is 110 Å². The van der Waals surface area contributed by atoms with Gasteiger partial charge in [-0.15, -0.1) is 0 Å². The van der Waals surface area contributed by atoms with Crippen molar-refractivity contribution >= 4 is 0 Å². The summed E-state index contributed by atoms with van der Waals surface area (Å²) in [5.74, 6) is 0.808. The van der Waals surface area contributed by atoms with Gasteiger partial charge in [-0.1, -0.05) is 31.4 Å². The van der Waals surface area contributed by atoms with Crippen molar-refractivity contribution in [1.82, 2.24) is 5.32 Å². The van der Waals surface area contributed by atoms with Crippen LogP contribution >= 0.6 is 0 Å². The van der Waals surface area contributed by atoms with Crippen molar-refractivity contribution in [3.05, 3.63) is 35.1 Å². The Balaban J connectivity index is 1.89. The van der Waals surface area contributed by atoms with Gasteiger partial charge in [-0.25, -0.2) is 4.39 Å². The zero-order chi connectivity index (χ0) is 13.1. The van der Waals surface area contributed by atoms with Crippen molar-refractivity contribution in [2.75, 3.05) is 0 Å². The van der Waals surface area contributed by atoms with Gasteiger partial charge in [-0.3, -0.25) is 0 Å². The van der Waals surface area contributed by atoms with Crippen LogP contribution in [-0.2, 0) is 0 Å². The van der Waals surface area contributed by atoms with Crippen LogP contribution in [0.5, 0.6) is 0 Å². The van der Waals surface area contributed by atoms with Gasteiger partial charge in [0.2, 0.25) is 0 Å². The zero-order valence-corrected chi connectivity index (χ0v) is 11.7. The molecule has 0 bridgehead atoms. The van der Waals surface area contributed by atoms with Crippen molar-refractivity contribution < 1.29 is 4.39 Å². The van der Waals surface area contributed by atoms with Gasteiger partial charge in [0, 0.05) is 12.1 Å². The molecule has 0 aromatic heterocycles. The van der Waals surface area contributed by atoms with Crippen molar-refractivity contribution in [2.45, 2.75) is 58.5 Å². The summed E-state index contributed by atoms with van der Waals surface area (Å²) in [7, 11) is 0. The van der Waals surface area contributed by atoms with E-state index in [1.807, 2.05) is 12.1 Å². The van der Waals surface area contributed by atoms with Gasteiger partial charge in [0.05, 0.1) is 0 Å². The predicted octanol–water partition coefficient (Wildman–Crippen LogP) is 4.36. The third-order valence-corrected chi connectivity index (χ3v) is 4.14. The maximum atomic E-state index is 13.5. The molecule has 0 saturated heterocycles. The molecule has 2 rings (SSSR count). The highest BCUT2D eigenvalue weighted by atomic mass is 19.1. The van der Waals surface area contributed by atoms with E-state index in [2.05, 4.69) is 19.2 Å². The molecule has 1 N–H and O–H groups in total. The molecular formula is C16H24FN. The fourth-order valence-corrected chi connectivity index (χ4v) is 2.70. The van der Waals surface area contributed by atoms with E-state index in [9.17, 15) is 4.39 Å². The van der Waals surface area contributed by atoms with Crippen LogP contribution < -0.4 is 5.32 Å². The van der Waals surface area contributed by atoms with Crippen LogP contribution in [-0.4, -0.2) is 6.04 Å². The fourth-order valence-electron chi connectivity index (χ4n) is 2.70. The SMILES string of the molecule is Cc1ccc(C(C)NC(C)CC2CCC2)cc1F. The minimum absolute atomic E-state index is 0.104. The molecule has 0 spiro atoms. The first-order valence-corrected chi connectivity index (χ1v) is 7.08. The minimum Gasteiger partial charge on any atom is -0.308 e. The maximum Gasteiger partial charge on any atom is 0.126 e. The largest absolute Gasteiger partial charge is 0.308 e. The third kappa shape index (κ3) is 3.32. The monoisotopic (exact) mass is 249 g/mol. The molecule has 1 nitrogen and oxygen atoms in total. The van der Waals surface area contributed by atoms with E-state index in [1.165, 1.54) is 25.7 Å². The second-order valence-corrected chi connectivity index (χ2v) is 5.83. The lowest BCUT2D eigenvalue weighted by atomic mass is 9.81. The highest BCUT2D eigenvalue weighted by Crippen LogP contribution is 2.30. The summed E-state index contributed by atoms with van der Waals surface area (Å²) in [5, 5.41) is 3.58. The summed E-state index contributed by atoms with van der Waals surface area (Å²) < 4.78 is 13.5. The molecule has 0 heterocycles. The van der Waals surface area contributed by atoms with Crippen molar-refractivity contribution in [1.29, 1.82) is 0 Å². The molecule has 2 atom stereocenters. The lowest BCUT2D eigenvalue weighted by Crippen LogP contribution is -2.32. The molecule has 1 aliphatic carbocycles. The zero-order valence-electron chi connectivity index (χ0n) is 11.7. The van der Waals surface area contributed by atoms with Gasteiger partial charge in [-0.05, 0) is 50.3 Å². The van der Waals surface area contributed by atoms with Gasteiger partial charge in [0.15, 0.2) is 0 Å². The minimum atomic E-state index is -0.104. The summed E-state index contributed by atoms with van der Waals surface area (Å²) in [6, 6.07) is 6.26. The van der Waals surface area contributed by atoms with Crippen molar-refractivity contribution in [3.8, 4) is 0 Å². The average molecular weight is 249 g/mol. The summed E-state index contributed by atoms with van der Waals surface area (Å²) in [6.45, 7) is 6.15. The van der Waals surface area contributed by atoms with Gasteiger partial charge in [0.25, 0.3) is 0 Å². The van der Waals surface area contributed by atoms with Crippen LogP contribution in [0.3, 0.4) is 0 Å². The Bertz CT molecular complexity index is 398. The predicted molar refractivity (Wildman–Crippen MR) is 74.1 cm³/mol. The smallest absolute Gasteiger partial charge is 0.126 e. The van der Waals surface area contributed by atoms with E-state index < -0.39 is 0 Å². The number of rotatable bonds is 5. The summed E-state index contributed by atoms with van der Waals surface area (Å²) in [4.78, 5) is 0. The Kier molecular flexibility index (Phi) is 4.39. The number of nitrogens with one attached hydrogen (secondary N) is 1. The second-order valence-electron chi connectivity index (χ2n) is 5.83. The summed E-state index contributed by atoms with van der Waals surface area (Å²) in [5.41, 5.74) is 1.76. The summed E-state index contributed by atoms with van der Waals surface area (Å²) >= 11 is 0. The molecule has 1 fully saturated rings. The highest BCUT2D eigenvalue weighted by Gasteiger charge is 2.20. The van der Waals surface area contributed by atoms with Crippen molar-refractivity contribution in [2.24, 2.45) is 5.92 Å². The number of hydrogen-bond acceptors (Lipinski definition) is 1. The summed E-state index contributed by atoms with van der Waals surface area (Å²) in [6.07, 6.45) is 5.42. The first-order valence-electron chi connectivity index (χ1n) is 7.08. The van der Waals surface area contributed by atoms with Gasteiger partial charge in [-0.2, -0.15) is 0 Å². The third-order valence-electron chi connectivity index (χ3n) is 4.14. The molecule has 1 saturated carbocycles. The van der Waals surface area contributed by atoms with E-state index in [-0.39, 0.29) is 11.9 Å². The molecule has 100 valence electrons. The van der Waals surface area contributed by atoms with Gasteiger partial charge in [0.1, 0.15) is 5.82 Å². The Morgan fingerprint density at radius 2 is 2.06 bits per heavy atom. The quantitative estimate of drug-likeness (QED) is 0.817. The topological polar surface area (TPSA) is 12.0 Å². The van der Waals surface area contributed by atoms with E-state index in [1.54, 1.807) is 13.0 Å². The van der Waals surface area contributed by atoms with Crippen LogP contribution in [0.4, 0.5) is 4.39 Å². The molecule has 0 aliphatic heterocycles. The lowest BCUT2D eigenvalue weighted by molar-refractivity contribution is 0.259. The van der Waals surface area contributed by atoms with E-state index in [0.717, 1.165) is 11.5 Å². The standard InChI is InChI=1S/C16H24FN/c1-11-7-8-15(10-16(11)17)13(3)18-12(2)9-14-5-4-6-14/h7-8,10,12-14,18H,4-6,9H2,1-3H3. The second kappa shape index (κ2) is 5.83. The number of aryl methyl sites for hydroxylation is 1. The molecule has 0 radical (unpaired) electrons. The average Bonchev–Trinajstić information content (AvgIpc) is 2.27. The lowest BCUT2D eigenvalue weighted by Gasteiger charge is -2.30. The molecule has 2 unspecified atom stereocenters. The Morgan fingerprint density at radius 1 is 1.33 bits per heavy atom.